The molecular formula is C35H58O8. The summed E-state index contributed by atoms with van der Waals surface area (Å²) < 4.78 is 37.9. The van der Waals surface area contributed by atoms with Gasteiger partial charge in [0.1, 0.15) is 0 Å². The molecule has 0 spiro atoms. The second-order valence-corrected chi connectivity index (χ2v) is 12.8. The Kier molecular flexibility index (Phi) is 16.1. The van der Waals surface area contributed by atoms with E-state index in [0.29, 0.717) is 6.42 Å². The van der Waals surface area contributed by atoms with Crippen LogP contribution in [-0.4, -0.2) is 68.1 Å². The molecule has 1 N–H and O–H groups in total. The number of rotatable bonds is 18. The van der Waals surface area contributed by atoms with Gasteiger partial charge in [-0.3, -0.25) is 4.79 Å². The van der Waals surface area contributed by atoms with Crippen molar-refractivity contribution in [1.82, 2.24) is 0 Å². The molecule has 0 radical (unpaired) electrons. The van der Waals surface area contributed by atoms with Crippen LogP contribution in [0.2, 0.25) is 0 Å². The van der Waals surface area contributed by atoms with Crippen molar-refractivity contribution in [2.75, 3.05) is 19.8 Å². The quantitative estimate of drug-likeness (QED) is 0.125. The van der Waals surface area contributed by atoms with E-state index in [2.05, 4.69) is 31.2 Å². The molecule has 0 aromatic heterocycles. The van der Waals surface area contributed by atoms with Crippen LogP contribution in [-0.2, 0) is 33.2 Å². The van der Waals surface area contributed by atoms with Crippen LogP contribution in [0.3, 0.4) is 0 Å². The molecule has 8 heteroatoms. The minimum absolute atomic E-state index is 0.00934. The molecule has 3 unspecified atom stereocenters. The summed E-state index contributed by atoms with van der Waals surface area (Å²) in [4.78, 5) is 10.9. The predicted octanol–water partition coefficient (Wildman–Crippen LogP) is 7.70. The number of carboxylic acids is 1. The Balaban J connectivity index is 1.51. The van der Waals surface area contributed by atoms with Crippen LogP contribution in [0, 0.1) is 11.8 Å². The molecule has 246 valence electrons. The monoisotopic (exact) mass is 606 g/mol. The highest BCUT2D eigenvalue weighted by atomic mass is 16.7. The summed E-state index contributed by atoms with van der Waals surface area (Å²) >= 11 is 0. The molecule has 4 fully saturated rings. The van der Waals surface area contributed by atoms with Gasteiger partial charge in [-0.25, -0.2) is 0 Å². The van der Waals surface area contributed by atoms with Crippen LogP contribution in [0.25, 0.3) is 0 Å². The normalized spacial score (nSPS) is 32.9. The van der Waals surface area contributed by atoms with E-state index in [-0.39, 0.29) is 55.4 Å². The summed E-state index contributed by atoms with van der Waals surface area (Å²) in [5, 5.41) is 9.00. The molecule has 0 aromatic rings. The lowest BCUT2D eigenvalue weighted by atomic mass is 9.89. The van der Waals surface area contributed by atoms with Crippen molar-refractivity contribution < 1.29 is 38.3 Å². The lowest BCUT2D eigenvalue weighted by Gasteiger charge is -2.30. The van der Waals surface area contributed by atoms with Crippen molar-refractivity contribution in [2.45, 2.75) is 160 Å². The fraction of sp³-hybridized carbons (Fsp3) is 0.857. The topological polar surface area (TPSA) is 92.7 Å². The van der Waals surface area contributed by atoms with Crippen LogP contribution < -0.4 is 0 Å². The summed E-state index contributed by atoms with van der Waals surface area (Å²) in [5.74, 6) is -0.379. The van der Waals surface area contributed by atoms with E-state index in [1.54, 1.807) is 0 Å². The first-order valence-corrected chi connectivity index (χ1v) is 17.5. The van der Waals surface area contributed by atoms with E-state index >= 15 is 0 Å². The SMILES string of the molecule is CCCCC[C@@H](/C=C/[C@@H]1[C@@H](C/C=C\CCCC(=O)O)[C@@H](OC2CCCCO2)C[C@H]1OC1CCCCO1)OC1CCCCO1. The van der Waals surface area contributed by atoms with Gasteiger partial charge in [0, 0.05) is 38.6 Å². The van der Waals surface area contributed by atoms with Gasteiger partial charge in [0.05, 0.1) is 18.3 Å². The molecule has 4 aliphatic rings. The maximum Gasteiger partial charge on any atom is 0.303 e. The number of ether oxygens (including phenoxy) is 6. The Hall–Kier alpha value is -1.29. The number of allylic oxidation sites excluding steroid dienone is 2. The first-order chi connectivity index (χ1) is 21.1. The van der Waals surface area contributed by atoms with Crippen molar-refractivity contribution >= 4 is 5.97 Å². The Bertz CT molecular complexity index is 813. The highest BCUT2D eigenvalue weighted by molar-refractivity contribution is 5.66. The van der Waals surface area contributed by atoms with Crippen LogP contribution >= 0.6 is 0 Å². The average molecular weight is 607 g/mol. The van der Waals surface area contributed by atoms with Gasteiger partial charge in [-0.1, -0.05) is 50.5 Å². The van der Waals surface area contributed by atoms with E-state index in [4.69, 9.17) is 33.5 Å². The van der Waals surface area contributed by atoms with Crippen LogP contribution in [0.15, 0.2) is 24.3 Å². The van der Waals surface area contributed by atoms with Gasteiger partial charge in [0.25, 0.3) is 0 Å². The van der Waals surface area contributed by atoms with Gasteiger partial charge in [-0.2, -0.15) is 0 Å². The van der Waals surface area contributed by atoms with E-state index in [0.717, 1.165) is 110 Å². The molecule has 0 amide bonds. The molecule has 0 aromatic carbocycles. The molecule has 1 saturated carbocycles. The number of hydrogen-bond donors (Lipinski definition) is 1. The molecule has 4 rings (SSSR count). The molecular weight excluding hydrogens is 548 g/mol. The zero-order chi connectivity index (χ0) is 30.1. The fourth-order valence-corrected chi connectivity index (χ4v) is 6.80. The molecule has 0 bridgehead atoms. The summed E-state index contributed by atoms with van der Waals surface area (Å²) in [6.07, 6.45) is 25.8. The highest BCUT2D eigenvalue weighted by Crippen LogP contribution is 2.42. The van der Waals surface area contributed by atoms with E-state index in [9.17, 15) is 4.79 Å². The van der Waals surface area contributed by atoms with Crippen molar-refractivity contribution in [2.24, 2.45) is 11.8 Å². The lowest BCUT2D eigenvalue weighted by Crippen LogP contribution is -2.31. The molecule has 8 nitrogen and oxygen atoms in total. The van der Waals surface area contributed by atoms with Crippen LogP contribution in [0.5, 0.6) is 0 Å². The highest BCUT2D eigenvalue weighted by Gasteiger charge is 2.45. The zero-order valence-electron chi connectivity index (χ0n) is 26.6. The maximum absolute atomic E-state index is 10.9. The minimum atomic E-state index is -0.741. The number of aliphatic carboxylic acids is 1. The lowest BCUT2D eigenvalue weighted by molar-refractivity contribution is -0.203. The zero-order valence-corrected chi connectivity index (χ0v) is 26.6. The fourth-order valence-electron chi connectivity index (χ4n) is 6.80. The molecule has 3 aliphatic heterocycles. The Morgan fingerprint density at radius 1 is 0.837 bits per heavy atom. The Labute approximate surface area is 259 Å². The molecule has 43 heavy (non-hydrogen) atoms. The van der Waals surface area contributed by atoms with Gasteiger partial charge in [-0.05, 0) is 89.4 Å². The second-order valence-electron chi connectivity index (χ2n) is 12.8. The molecule has 1 aliphatic carbocycles. The van der Waals surface area contributed by atoms with E-state index in [1.165, 1.54) is 12.8 Å². The number of hydrogen-bond acceptors (Lipinski definition) is 7. The molecule has 8 atom stereocenters. The maximum atomic E-state index is 10.9. The smallest absolute Gasteiger partial charge is 0.303 e. The molecule has 3 saturated heterocycles. The third-order valence-corrected chi connectivity index (χ3v) is 9.24. The number of carboxylic acid groups (broad SMARTS) is 1. The van der Waals surface area contributed by atoms with Gasteiger partial charge in [0.2, 0.25) is 0 Å². The number of unbranched alkanes of at least 4 members (excludes halogenated alkanes) is 3. The Morgan fingerprint density at radius 3 is 2.09 bits per heavy atom. The first kappa shape index (κ1) is 34.6. The molecule has 3 heterocycles. The summed E-state index contributed by atoms with van der Waals surface area (Å²) in [5.41, 5.74) is 0. The van der Waals surface area contributed by atoms with Gasteiger partial charge in [-0.15, -0.1) is 0 Å². The van der Waals surface area contributed by atoms with Crippen molar-refractivity contribution in [1.29, 1.82) is 0 Å². The van der Waals surface area contributed by atoms with Crippen molar-refractivity contribution in [3.05, 3.63) is 24.3 Å². The van der Waals surface area contributed by atoms with Crippen LogP contribution in [0.1, 0.15) is 122 Å². The third-order valence-electron chi connectivity index (χ3n) is 9.24. The average Bonchev–Trinajstić information content (AvgIpc) is 3.33. The van der Waals surface area contributed by atoms with Crippen LogP contribution in [0.4, 0.5) is 0 Å². The van der Waals surface area contributed by atoms with Gasteiger partial charge < -0.3 is 33.5 Å². The number of carbonyl (C=O) groups is 1. The van der Waals surface area contributed by atoms with Crippen molar-refractivity contribution in [3.8, 4) is 0 Å². The van der Waals surface area contributed by atoms with E-state index in [1.807, 2.05) is 0 Å². The first-order valence-electron chi connectivity index (χ1n) is 17.5. The largest absolute Gasteiger partial charge is 0.481 e. The predicted molar refractivity (Wildman–Crippen MR) is 166 cm³/mol. The summed E-state index contributed by atoms with van der Waals surface area (Å²) in [6.45, 7) is 4.52. The van der Waals surface area contributed by atoms with Gasteiger partial charge >= 0.3 is 5.97 Å². The standard InChI is InChI=1S/C35H58O8/c1-2-3-6-15-27(41-33-18-9-12-23-38-33)21-22-29-28(16-7-4-5-8-17-32(36)37)30(42-34-19-10-13-24-39-34)26-31(29)43-35-20-11-14-25-40-35/h4,7,21-22,27-31,33-35H,2-3,5-6,8-20,23-26H2,1H3,(H,36,37)/b7-4-,22-21+/t27-,28+,29+,30-,31+,33?,34?,35?/m0/s1. The summed E-state index contributed by atoms with van der Waals surface area (Å²) in [6, 6.07) is 0. The summed E-state index contributed by atoms with van der Waals surface area (Å²) in [7, 11) is 0. The van der Waals surface area contributed by atoms with E-state index < -0.39 is 5.97 Å². The minimum Gasteiger partial charge on any atom is -0.481 e. The second kappa shape index (κ2) is 20.0. The third kappa shape index (κ3) is 12.6. The van der Waals surface area contributed by atoms with Crippen molar-refractivity contribution in [3.63, 3.8) is 0 Å². The Morgan fingerprint density at radius 2 is 1.49 bits per heavy atom. The van der Waals surface area contributed by atoms with Gasteiger partial charge in [0.15, 0.2) is 18.9 Å².